The number of benzene rings is 1. The molecule has 18 heavy (non-hydrogen) atoms. The minimum Gasteiger partial charge on any atom is -0.489 e. The van der Waals surface area contributed by atoms with Gasteiger partial charge in [0.25, 0.3) is 0 Å². The van der Waals surface area contributed by atoms with E-state index >= 15 is 0 Å². The topological polar surface area (TPSA) is 85.2 Å². The summed E-state index contributed by atoms with van der Waals surface area (Å²) in [7, 11) is 0. The molecule has 1 atom stereocenters. The molecule has 0 spiro atoms. The molecule has 2 rings (SSSR count). The molecule has 1 unspecified atom stereocenters. The van der Waals surface area contributed by atoms with Crippen LogP contribution in [0.25, 0.3) is 0 Å². The molecule has 1 aliphatic heterocycles. The fourth-order valence-electron chi connectivity index (χ4n) is 1.25. The van der Waals surface area contributed by atoms with Crippen LogP contribution in [0.2, 0.25) is 10.0 Å². The van der Waals surface area contributed by atoms with Gasteiger partial charge in [-0.3, -0.25) is 0 Å². The van der Waals surface area contributed by atoms with Crippen LogP contribution in [-0.2, 0) is 9.47 Å². The number of carbonyl (C=O) groups excluding carboxylic acids is 1. The Balaban J connectivity index is 1.95. The number of cyclic esters (lactones) is 2. The van der Waals surface area contributed by atoms with E-state index in [2.05, 4.69) is 9.47 Å². The van der Waals surface area contributed by atoms with E-state index in [9.17, 15) is 15.0 Å². The van der Waals surface area contributed by atoms with Gasteiger partial charge in [0.2, 0.25) is 0 Å². The second-order valence-corrected chi connectivity index (χ2v) is 4.25. The maximum absolute atomic E-state index is 10.4. The van der Waals surface area contributed by atoms with Crippen molar-refractivity contribution in [2.45, 2.75) is 12.1 Å². The Kier molecular flexibility index (Phi) is 3.54. The average Bonchev–Trinajstić information content (AvgIpc) is 2.29. The van der Waals surface area contributed by atoms with Crippen molar-refractivity contribution in [3.63, 3.8) is 0 Å². The van der Waals surface area contributed by atoms with Gasteiger partial charge in [-0.05, 0) is 12.1 Å². The van der Waals surface area contributed by atoms with Gasteiger partial charge in [0.15, 0.2) is 6.10 Å². The fraction of sp³-hybridized carbons (Fsp3) is 0.300. The van der Waals surface area contributed by atoms with Crippen molar-refractivity contribution in [3.8, 4) is 5.75 Å². The number of aliphatic hydroxyl groups excluding tert-OH is 1. The molecule has 0 radical (unpaired) electrons. The molecule has 1 aliphatic rings. The van der Waals surface area contributed by atoms with Gasteiger partial charge in [-0.1, -0.05) is 29.3 Å². The van der Waals surface area contributed by atoms with Gasteiger partial charge in [-0.2, -0.15) is 0 Å². The molecule has 6 nitrogen and oxygen atoms in total. The lowest BCUT2D eigenvalue weighted by Crippen LogP contribution is -2.59. The van der Waals surface area contributed by atoms with E-state index in [1.54, 1.807) is 12.1 Å². The molecule has 1 fully saturated rings. The summed E-state index contributed by atoms with van der Waals surface area (Å²) in [6, 6.07) is 4.70. The SMILES string of the molecule is O=C1OC(O)(C(O)COc2cccc(Cl)c2Cl)O1. The van der Waals surface area contributed by atoms with Gasteiger partial charge < -0.3 is 24.4 Å². The van der Waals surface area contributed by atoms with E-state index in [0.717, 1.165) is 0 Å². The lowest BCUT2D eigenvalue weighted by Gasteiger charge is -2.36. The molecule has 0 bridgehead atoms. The molecule has 0 amide bonds. The minimum atomic E-state index is -2.37. The molecule has 8 heteroatoms. The number of carbonyl (C=O) groups is 1. The molecule has 1 heterocycles. The number of hydrogen-bond donors (Lipinski definition) is 2. The first kappa shape index (κ1) is 13.2. The van der Waals surface area contributed by atoms with Crippen LogP contribution in [0.4, 0.5) is 4.79 Å². The van der Waals surface area contributed by atoms with Gasteiger partial charge in [-0.25, -0.2) is 4.79 Å². The van der Waals surface area contributed by atoms with Crippen LogP contribution in [0.15, 0.2) is 18.2 Å². The van der Waals surface area contributed by atoms with E-state index in [-0.39, 0.29) is 15.8 Å². The molecule has 0 aliphatic carbocycles. The summed E-state index contributed by atoms with van der Waals surface area (Å²) in [6.07, 6.45) is -2.65. The monoisotopic (exact) mass is 294 g/mol. The molecule has 1 saturated heterocycles. The zero-order valence-electron chi connectivity index (χ0n) is 8.80. The third-order valence-corrected chi connectivity index (χ3v) is 2.99. The summed E-state index contributed by atoms with van der Waals surface area (Å²) in [5.41, 5.74) is 0. The van der Waals surface area contributed by atoms with Crippen molar-refractivity contribution >= 4 is 29.4 Å². The molecule has 1 aromatic carbocycles. The van der Waals surface area contributed by atoms with Gasteiger partial charge in [0.05, 0.1) is 5.02 Å². The third kappa shape index (κ3) is 2.46. The quantitative estimate of drug-likeness (QED) is 0.820. The summed E-state index contributed by atoms with van der Waals surface area (Å²) >= 11 is 11.6. The van der Waals surface area contributed by atoms with Crippen molar-refractivity contribution in [1.29, 1.82) is 0 Å². The van der Waals surface area contributed by atoms with E-state index in [1.165, 1.54) is 6.07 Å². The number of hydrogen-bond acceptors (Lipinski definition) is 6. The van der Waals surface area contributed by atoms with Crippen LogP contribution >= 0.6 is 23.2 Å². The lowest BCUT2D eigenvalue weighted by atomic mass is 10.3. The maximum Gasteiger partial charge on any atom is 0.518 e. The first-order chi connectivity index (χ1) is 8.42. The number of rotatable bonds is 4. The molecular formula is C10H8Cl2O6. The van der Waals surface area contributed by atoms with Crippen LogP contribution in [-0.4, -0.2) is 35.1 Å². The Labute approximate surface area is 112 Å². The average molecular weight is 295 g/mol. The molecule has 2 N–H and O–H groups in total. The Morgan fingerprint density at radius 3 is 2.67 bits per heavy atom. The number of ether oxygens (including phenoxy) is 3. The van der Waals surface area contributed by atoms with Gasteiger partial charge in [0, 0.05) is 0 Å². The van der Waals surface area contributed by atoms with Crippen molar-refractivity contribution in [2.75, 3.05) is 6.61 Å². The van der Waals surface area contributed by atoms with Crippen LogP contribution in [0, 0.1) is 0 Å². The van der Waals surface area contributed by atoms with Crippen LogP contribution in [0.5, 0.6) is 5.75 Å². The molecule has 0 aromatic heterocycles. The molecule has 98 valence electrons. The Morgan fingerprint density at radius 1 is 1.39 bits per heavy atom. The Bertz CT molecular complexity index is 469. The number of aliphatic hydroxyl groups is 2. The largest absolute Gasteiger partial charge is 0.518 e. The first-order valence-corrected chi connectivity index (χ1v) is 5.57. The fourth-order valence-corrected chi connectivity index (χ4v) is 1.60. The summed E-state index contributed by atoms with van der Waals surface area (Å²) in [4.78, 5) is 10.4. The normalized spacial score (nSPS) is 18.3. The smallest absolute Gasteiger partial charge is 0.489 e. The summed E-state index contributed by atoms with van der Waals surface area (Å²) in [5, 5.41) is 19.4. The summed E-state index contributed by atoms with van der Waals surface area (Å²) in [5.74, 6) is -2.15. The maximum atomic E-state index is 10.4. The van der Waals surface area contributed by atoms with Crippen molar-refractivity contribution in [1.82, 2.24) is 0 Å². The van der Waals surface area contributed by atoms with Crippen molar-refractivity contribution in [3.05, 3.63) is 28.2 Å². The standard InChI is InChI=1S/C10H8Cl2O6/c11-5-2-1-3-6(8(5)12)16-4-7(13)10(15)17-9(14)18-10/h1-3,7,13,15H,4H2. The zero-order valence-corrected chi connectivity index (χ0v) is 10.3. The van der Waals surface area contributed by atoms with E-state index in [1.807, 2.05) is 0 Å². The predicted molar refractivity (Wildman–Crippen MR) is 60.5 cm³/mol. The van der Waals surface area contributed by atoms with Crippen molar-refractivity contribution in [2.24, 2.45) is 0 Å². The molecule has 1 aromatic rings. The van der Waals surface area contributed by atoms with E-state index in [0.29, 0.717) is 0 Å². The van der Waals surface area contributed by atoms with Gasteiger partial charge in [0.1, 0.15) is 17.4 Å². The minimum absolute atomic E-state index is 0.171. The highest BCUT2D eigenvalue weighted by atomic mass is 35.5. The third-order valence-electron chi connectivity index (χ3n) is 2.19. The highest BCUT2D eigenvalue weighted by Crippen LogP contribution is 2.32. The zero-order chi connectivity index (χ0) is 13.3. The van der Waals surface area contributed by atoms with E-state index < -0.39 is 24.8 Å². The van der Waals surface area contributed by atoms with Crippen molar-refractivity contribution < 1.29 is 29.2 Å². The van der Waals surface area contributed by atoms with Gasteiger partial charge >= 0.3 is 12.1 Å². The lowest BCUT2D eigenvalue weighted by molar-refractivity contribution is -0.420. The predicted octanol–water partition coefficient (Wildman–Crippen LogP) is 1.55. The molecular weight excluding hydrogens is 287 g/mol. The number of halogens is 2. The molecule has 0 saturated carbocycles. The second-order valence-electron chi connectivity index (χ2n) is 3.46. The summed E-state index contributed by atoms with van der Waals surface area (Å²) in [6.45, 7) is -0.399. The highest BCUT2D eigenvalue weighted by molar-refractivity contribution is 6.42. The van der Waals surface area contributed by atoms with Crippen LogP contribution in [0.1, 0.15) is 0 Å². The summed E-state index contributed by atoms with van der Waals surface area (Å²) < 4.78 is 13.6. The van der Waals surface area contributed by atoms with Crippen LogP contribution < -0.4 is 4.74 Å². The van der Waals surface area contributed by atoms with E-state index in [4.69, 9.17) is 27.9 Å². The van der Waals surface area contributed by atoms with Crippen LogP contribution in [0.3, 0.4) is 0 Å². The Morgan fingerprint density at radius 2 is 2.06 bits per heavy atom. The van der Waals surface area contributed by atoms with Gasteiger partial charge in [-0.15, -0.1) is 0 Å². The Hall–Kier alpha value is -1.21. The highest BCUT2D eigenvalue weighted by Gasteiger charge is 2.54. The second kappa shape index (κ2) is 4.81. The first-order valence-electron chi connectivity index (χ1n) is 4.81.